The fraction of sp³-hybridized carbons (Fsp3) is 0.214. The van der Waals surface area contributed by atoms with Crippen molar-refractivity contribution in [2.45, 2.75) is 18.7 Å². The first kappa shape index (κ1) is 16.8. The number of aryl methyl sites for hydroxylation is 2. The zero-order valence-corrected chi connectivity index (χ0v) is 13.4. The van der Waals surface area contributed by atoms with Crippen LogP contribution in [0.15, 0.2) is 29.2 Å². The number of nitrogens with zero attached hydrogens (tertiary/aromatic N) is 2. The summed E-state index contributed by atoms with van der Waals surface area (Å²) in [5.74, 6) is -1.87. The summed E-state index contributed by atoms with van der Waals surface area (Å²) >= 11 is 0. The van der Waals surface area contributed by atoms with Crippen LogP contribution < -0.4 is 4.72 Å². The fourth-order valence-corrected chi connectivity index (χ4v) is 3.09. The van der Waals surface area contributed by atoms with Crippen molar-refractivity contribution in [3.05, 3.63) is 47.0 Å². The fourth-order valence-electron chi connectivity index (χ4n) is 1.94. The summed E-state index contributed by atoms with van der Waals surface area (Å²) in [6.45, 7) is 3.35. The maximum atomic E-state index is 13.4. The maximum Gasteiger partial charge on any atom is 0.339 e. The second kappa shape index (κ2) is 6.29. The zero-order valence-electron chi connectivity index (χ0n) is 12.6. The standard InChI is InChI=1S/C14H14FN3O4S/c1-8-6-9(2)17-14(16-8)18-23(20,21)12-7-10(15)4-5-11(12)13(19)22-3/h4-7H,1-3H3,(H,16,17,18). The molecule has 9 heteroatoms. The number of carbonyl (C=O) groups excluding carboxylic acids is 1. The van der Waals surface area contributed by atoms with Crippen molar-refractivity contribution in [1.29, 1.82) is 0 Å². The van der Waals surface area contributed by atoms with Gasteiger partial charge in [0.2, 0.25) is 5.95 Å². The molecule has 122 valence electrons. The number of hydrogen-bond acceptors (Lipinski definition) is 6. The Labute approximate surface area is 132 Å². The molecule has 0 spiro atoms. The lowest BCUT2D eigenvalue weighted by atomic mass is 10.2. The van der Waals surface area contributed by atoms with Crippen LogP contribution in [0, 0.1) is 19.7 Å². The molecule has 1 heterocycles. The van der Waals surface area contributed by atoms with E-state index in [0.717, 1.165) is 25.3 Å². The molecule has 0 unspecified atom stereocenters. The van der Waals surface area contributed by atoms with E-state index < -0.39 is 26.7 Å². The van der Waals surface area contributed by atoms with Crippen molar-refractivity contribution in [3.63, 3.8) is 0 Å². The average molecular weight is 339 g/mol. The molecular formula is C14H14FN3O4S. The van der Waals surface area contributed by atoms with E-state index in [1.165, 1.54) is 0 Å². The Hall–Kier alpha value is -2.55. The van der Waals surface area contributed by atoms with Crippen LogP contribution in [-0.2, 0) is 14.8 Å². The van der Waals surface area contributed by atoms with Crippen LogP contribution in [0.5, 0.6) is 0 Å². The Balaban J connectivity index is 2.51. The maximum absolute atomic E-state index is 13.4. The first-order valence-corrected chi connectivity index (χ1v) is 7.94. The number of anilines is 1. The number of hydrogen-bond donors (Lipinski definition) is 1. The van der Waals surface area contributed by atoms with Crippen molar-refractivity contribution in [1.82, 2.24) is 9.97 Å². The summed E-state index contributed by atoms with van der Waals surface area (Å²) < 4.78 is 45.0. The lowest BCUT2D eigenvalue weighted by Crippen LogP contribution is -2.19. The van der Waals surface area contributed by atoms with Crippen molar-refractivity contribution in [2.24, 2.45) is 0 Å². The minimum atomic E-state index is -4.27. The lowest BCUT2D eigenvalue weighted by molar-refractivity contribution is 0.0596. The molecule has 0 aliphatic carbocycles. The van der Waals surface area contributed by atoms with Gasteiger partial charge in [-0.25, -0.2) is 32.3 Å². The summed E-state index contributed by atoms with van der Waals surface area (Å²) in [5.41, 5.74) is 0.830. The van der Waals surface area contributed by atoms with Crippen LogP contribution >= 0.6 is 0 Å². The average Bonchev–Trinajstić information content (AvgIpc) is 2.44. The molecule has 0 aliphatic rings. The first-order valence-electron chi connectivity index (χ1n) is 6.46. The molecule has 0 saturated carbocycles. The second-order valence-corrected chi connectivity index (χ2v) is 6.36. The summed E-state index contributed by atoms with van der Waals surface area (Å²) in [4.78, 5) is 19.0. The van der Waals surface area contributed by atoms with Gasteiger partial charge in [0, 0.05) is 11.4 Å². The number of aromatic nitrogens is 2. The second-order valence-electron chi connectivity index (χ2n) is 4.71. The number of ether oxygens (including phenoxy) is 1. The summed E-state index contributed by atoms with van der Waals surface area (Å²) in [6, 6.07) is 4.41. The number of esters is 1. The van der Waals surface area contributed by atoms with Crippen LogP contribution in [0.2, 0.25) is 0 Å². The smallest absolute Gasteiger partial charge is 0.339 e. The number of nitrogens with one attached hydrogen (secondary N) is 1. The van der Waals surface area contributed by atoms with Gasteiger partial charge in [0.15, 0.2) is 0 Å². The molecular weight excluding hydrogens is 325 g/mol. The minimum Gasteiger partial charge on any atom is -0.465 e. The van der Waals surface area contributed by atoms with Crippen molar-refractivity contribution in [3.8, 4) is 0 Å². The van der Waals surface area contributed by atoms with Crippen LogP contribution in [-0.4, -0.2) is 31.5 Å². The number of halogens is 1. The molecule has 1 aromatic heterocycles. The predicted octanol–water partition coefficient (Wildman–Crippen LogP) is 1.82. The van der Waals surface area contributed by atoms with Gasteiger partial charge in [-0.2, -0.15) is 0 Å². The third kappa shape index (κ3) is 3.81. The van der Waals surface area contributed by atoms with E-state index in [4.69, 9.17) is 0 Å². The molecule has 0 saturated heterocycles. The molecule has 1 N–H and O–H groups in total. The number of carbonyl (C=O) groups is 1. The highest BCUT2D eigenvalue weighted by Crippen LogP contribution is 2.20. The van der Waals surface area contributed by atoms with E-state index in [1.54, 1.807) is 19.9 Å². The predicted molar refractivity (Wildman–Crippen MR) is 80.1 cm³/mol. The van der Waals surface area contributed by atoms with Gasteiger partial charge >= 0.3 is 5.97 Å². The Morgan fingerprint density at radius 2 is 1.78 bits per heavy atom. The third-order valence-corrected chi connectivity index (χ3v) is 4.21. The molecule has 0 aliphatic heterocycles. The summed E-state index contributed by atoms with van der Waals surface area (Å²) in [6.07, 6.45) is 0. The lowest BCUT2D eigenvalue weighted by Gasteiger charge is -2.11. The summed E-state index contributed by atoms with van der Waals surface area (Å²) in [5, 5.41) is 0. The van der Waals surface area contributed by atoms with Gasteiger partial charge in [0.25, 0.3) is 10.0 Å². The minimum absolute atomic E-state index is 0.164. The van der Waals surface area contributed by atoms with Crippen LogP contribution in [0.25, 0.3) is 0 Å². The van der Waals surface area contributed by atoms with E-state index in [1.807, 2.05) is 0 Å². The van der Waals surface area contributed by atoms with E-state index in [-0.39, 0.29) is 11.5 Å². The van der Waals surface area contributed by atoms with Crippen LogP contribution in [0.4, 0.5) is 10.3 Å². The first-order chi connectivity index (χ1) is 10.7. The van der Waals surface area contributed by atoms with Gasteiger partial charge in [0.1, 0.15) is 10.7 Å². The quantitative estimate of drug-likeness (QED) is 0.853. The van der Waals surface area contributed by atoms with Gasteiger partial charge in [-0.1, -0.05) is 0 Å². The molecule has 2 aromatic rings. The van der Waals surface area contributed by atoms with E-state index in [0.29, 0.717) is 11.4 Å². The molecule has 2 rings (SSSR count). The Morgan fingerprint density at radius 1 is 1.17 bits per heavy atom. The van der Waals surface area contributed by atoms with Gasteiger partial charge in [-0.3, -0.25) is 0 Å². The highest BCUT2D eigenvalue weighted by molar-refractivity contribution is 7.92. The van der Waals surface area contributed by atoms with Gasteiger partial charge < -0.3 is 4.74 Å². The molecule has 1 aromatic carbocycles. The van der Waals surface area contributed by atoms with Crippen molar-refractivity contribution < 1.29 is 22.3 Å². The van der Waals surface area contributed by atoms with E-state index >= 15 is 0 Å². The molecule has 0 atom stereocenters. The number of rotatable bonds is 4. The highest BCUT2D eigenvalue weighted by atomic mass is 32.2. The molecule has 7 nitrogen and oxygen atoms in total. The normalized spacial score (nSPS) is 11.1. The number of methoxy groups -OCH3 is 1. The zero-order chi connectivity index (χ0) is 17.2. The van der Waals surface area contributed by atoms with Gasteiger partial charge in [-0.05, 0) is 38.1 Å². The largest absolute Gasteiger partial charge is 0.465 e. The molecule has 23 heavy (non-hydrogen) atoms. The topological polar surface area (TPSA) is 98.2 Å². The molecule has 0 fully saturated rings. The van der Waals surface area contributed by atoms with Crippen LogP contribution in [0.1, 0.15) is 21.7 Å². The molecule has 0 radical (unpaired) electrons. The Kier molecular flexibility index (Phi) is 4.60. The number of benzene rings is 1. The van der Waals surface area contributed by atoms with Gasteiger partial charge in [-0.15, -0.1) is 0 Å². The van der Waals surface area contributed by atoms with Crippen molar-refractivity contribution >= 4 is 21.9 Å². The van der Waals surface area contributed by atoms with Gasteiger partial charge in [0.05, 0.1) is 12.7 Å². The SMILES string of the molecule is COC(=O)c1ccc(F)cc1S(=O)(=O)Nc1nc(C)cc(C)n1. The van der Waals surface area contributed by atoms with Crippen molar-refractivity contribution in [2.75, 3.05) is 11.8 Å². The highest BCUT2D eigenvalue weighted by Gasteiger charge is 2.25. The third-order valence-electron chi connectivity index (χ3n) is 2.85. The van der Waals surface area contributed by atoms with E-state index in [9.17, 15) is 17.6 Å². The Bertz CT molecular complexity index is 848. The molecule has 0 amide bonds. The summed E-state index contributed by atoms with van der Waals surface area (Å²) in [7, 11) is -3.17. The Morgan fingerprint density at radius 3 is 2.35 bits per heavy atom. The number of sulfonamides is 1. The molecule has 0 bridgehead atoms. The van der Waals surface area contributed by atoms with Crippen LogP contribution in [0.3, 0.4) is 0 Å². The monoisotopic (exact) mass is 339 g/mol. The van der Waals surface area contributed by atoms with E-state index in [2.05, 4.69) is 19.4 Å².